The van der Waals surface area contributed by atoms with Gasteiger partial charge in [0.1, 0.15) is 29.0 Å². The first-order valence-corrected chi connectivity index (χ1v) is 8.07. The average Bonchev–Trinajstić information content (AvgIpc) is 2.65. The van der Waals surface area contributed by atoms with Gasteiger partial charge in [-0.25, -0.2) is 4.98 Å². The zero-order valence-electron chi connectivity index (χ0n) is 13.6. The molecule has 3 N–H and O–H groups in total. The molecule has 2 aromatic rings. The van der Waals surface area contributed by atoms with Gasteiger partial charge in [-0.05, 0) is 17.7 Å². The molecule has 0 spiro atoms. The number of rotatable bonds is 5. The highest BCUT2D eigenvalue weighted by molar-refractivity contribution is 7.99. The lowest BCUT2D eigenvalue weighted by molar-refractivity contribution is -0.410. The number of thioether (sulfide) groups is 1. The van der Waals surface area contributed by atoms with Gasteiger partial charge in [-0.1, -0.05) is 23.9 Å². The number of nitrogens with two attached hydrogens (primary N) is 1. The number of nitriles is 2. The molecule has 126 valence electrons. The Hall–Kier alpha value is -3.23. The summed E-state index contributed by atoms with van der Waals surface area (Å²) in [5, 5.41) is 19.5. The first-order chi connectivity index (χ1) is 12.0. The van der Waals surface area contributed by atoms with E-state index in [9.17, 15) is 15.3 Å². The molecule has 0 unspecified atom stereocenters. The number of carbonyl (C=O) groups is 1. The van der Waals surface area contributed by atoms with Gasteiger partial charge in [-0.3, -0.25) is 10.5 Å². The number of aromatic amines is 1. The van der Waals surface area contributed by atoms with Crippen molar-refractivity contribution in [2.45, 2.75) is 5.03 Å². The Balaban J connectivity index is 2.63. The van der Waals surface area contributed by atoms with Gasteiger partial charge < -0.3 is 9.47 Å². The molecule has 0 fully saturated rings. The molecule has 25 heavy (non-hydrogen) atoms. The summed E-state index contributed by atoms with van der Waals surface area (Å²) in [6.07, 6.45) is 0. The van der Waals surface area contributed by atoms with Crippen molar-refractivity contribution in [3.8, 4) is 29.0 Å². The van der Waals surface area contributed by atoms with Crippen LogP contribution in [-0.2, 0) is 9.53 Å². The third-order valence-electron chi connectivity index (χ3n) is 3.41. The molecule has 0 saturated heterocycles. The van der Waals surface area contributed by atoms with E-state index in [1.54, 1.807) is 31.4 Å². The third kappa shape index (κ3) is 3.82. The smallest absolute Gasteiger partial charge is 0.316 e. The molecule has 0 bridgehead atoms. The Labute approximate surface area is 149 Å². The lowest BCUT2D eigenvalue weighted by Gasteiger charge is -2.10. The minimum absolute atomic E-state index is 0.00900. The minimum Gasteiger partial charge on any atom is -0.497 e. The maximum Gasteiger partial charge on any atom is 0.316 e. The van der Waals surface area contributed by atoms with Gasteiger partial charge in [-0.2, -0.15) is 10.5 Å². The number of benzene rings is 1. The van der Waals surface area contributed by atoms with Crippen LogP contribution in [-0.4, -0.2) is 25.9 Å². The number of pyridine rings is 1. The second-order valence-corrected chi connectivity index (χ2v) is 5.80. The zero-order chi connectivity index (χ0) is 18.4. The molecule has 0 aliphatic heterocycles. The van der Waals surface area contributed by atoms with Crippen LogP contribution in [0, 0.1) is 22.7 Å². The number of nitrogen functional groups attached to an aromatic ring is 1. The summed E-state index contributed by atoms with van der Waals surface area (Å²) in [5.41, 5.74) is 7.42. The Morgan fingerprint density at radius 3 is 2.36 bits per heavy atom. The van der Waals surface area contributed by atoms with Gasteiger partial charge in [0.25, 0.3) is 5.82 Å². The van der Waals surface area contributed by atoms with E-state index in [1.807, 2.05) is 6.07 Å². The lowest BCUT2D eigenvalue weighted by Crippen LogP contribution is -2.19. The van der Waals surface area contributed by atoms with Crippen LogP contribution in [0.5, 0.6) is 5.75 Å². The number of aromatic nitrogens is 1. The van der Waals surface area contributed by atoms with E-state index in [-0.39, 0.29) is 22.7 Å². The molecule has 0 amide bonds. The van der Waals surface area contributed by atoms with Crippen LogP contribution in [0.25, 0.3) is 11.1 Å². The first kappa shape index (κ1) is 18.1. The molecule has 1 aromatic carbocycles. The van der Waals surface area contributed by atoms with Gasteiger partial charge in [0.05, 0.1) is 20.0 Å². The summed E-state index contributed by atoms with van der Waals surface area (Å²) in [5.74, 6) is 0.349. The van der Waals surface area contributed by atoms with Crippen LogP contribution in [0.4, 0.5) is 5.82 Å². The van der Waals surface area contributed by atoms with E-state index in [1.165, 1.54) is 7.11 Å². The third-order valence-corrected chi connectivity index (χ3v) is 4.38. The Bertz CT molecular complexity index is 883. The van der Waals surface area contributed by atoms with Crippen LogP contribution >= 0.6 is 11.8 Å². The molecule has 0 saturated carbocycles. The van der Waals surface area contributed by atoms with Crippen molar-refractivity contribution in [1.29, 1.82) is 10.5 Å². The van der Waals surface area contributed by atoms with Crippen LogP contribution in [0.2, 0.25) is 0 Å². The standard InChI is InChI=1S/C17H14N4O3S/c1-23-11-5-3-10(4-6-11)15-12(7-18)16(20)21-17(13(15)8-19)25-9-14(22)24-2/h3-6H,9H2,1-2H3,(H2,20,21)/p+1. The van der Waals surface area contributed by atoms with E-state index >= 15 is 0 Å². The summed E-state index contributed by atoms with van der Waals surface area (Å²) in [6.45, 7) is 0. The summed E-state index contributed by atoms with van der Waals surface area (Å²) in [6, 6.07) is 11.1. The van der Waals surface area contributed by atoms with Crippen molar-refractivity contribution in [2.24, 2.45) is 0 Å². The average molecular weight is 355 g/mol. The van der Waals surface area contributed by atoms with Gasteiger partial charge in [0.15, 0.2) is 5.03 Å². The lowest BCUT2D eigenvalue weighted by atomic mass is 9.97. The molecule has 0 atom stereocenters. The van der Waals surface area contributed by atoms with Crippen molar-refractivity contribution in [3.05, 3.63) is 35.4 Å². The number of anilines is 1. The van der Waals surface area contributed by atoms with Crippen LogP contribution in [0.3, 0.4) is 0 Å². The minimum atomic E-state index is -0.434. The highest BCUT2D eigenvalue weighted by Crippen LogP contribution is 2.34. The normalized spacial score (nSPS) is 9.76. The predicted molar refractivity (Wildman–Crippen MR) is 91.6 cm³/mol. The van der Waals surface area contributed by atoms with Gasteiger partial charge in [0.2, 0.25) is 0 Å². The molecule has 0 aliphatic carbocycles. The molecular formula is C17H15N4O3S+. The van der Waals surface area contributed by atoms with Crippen molar-refractivity contribution in [1.82, 2.24) is 0 Å². The fraction of sp³-hybridized carbons (Fsp3) is 0.176. The van der Waals surface area contributed by atoms with E-state index in [4.69, 9.17) is 10.5 Å². The molecule has 8 heteroatoms. The monoisotopic (exact) mass is 355 g/mol. The number of nitrogens with one attached hydrogen (secondary N) is 1. The fourth-order valence-corrected chi connectivity index (χ4v) is 3.04. The molecule has 2 rings (SSSR count). The fourth-order valence-electron chi connectivity index (χ4n) is 2.19. The topological polar surface area (TPSA) is 123 Å². The first-order valence-electron chi connectivity index (χ1n) is 7.08. The van der Waals surface area contributed by atoms with Crippen molar-refractivity contribution in [3.63, 3.8) is 0 Å². The quantitative estimate of drug-likeness (QED) is 0.640. The van der Waals surface area contributed by atoms with E-state index in [2.05, 4.69) is 15.8 Å². The number of hydrogen-bond acceptors (Lipinski definition) is 7. The largest absolute Gasteiger partial charge is 0.497 e. The van der Waals surface area contributed by atoms with Crippen molar-refractivity contribution in [2.75, 3.05) is 25.7 Å². The second-order valence-electron chi connectivity index (χ2n) is 4.81. The summed E-state index contributed by atoms with van der Waals surface area (Å²) in [4.78, 5) is 14.2. The molecule has 0 aliphatic rings. The Morgan fingerprint density at radius 2 is 1.84 bits per heavy atom. The second kappa shape index (κ2) is 8.04. The number of esters is 1. The molecular weight excluding hydrogens is 340 g/mol. The van der Waals surface area contributed by atoms with Crippen LogP contribution < -0.4 is 15.5 Å². The van der Waals surface area contributed by atoms with E-state index < -0.39 is 5.97 Å². The van der Waals surface area contributed by atoms with Crippen LogP contribution in [0.15, 0.2) is 29.3 Å². The van der Waals surface area contributed by atoms with Crippen molar-refractivity contribution < 1.29 is 19.3 Å². The van der Waals surface area contributed by atoms with Gasteiger partial charge in [0, 0.05) is 5.56 Å². The van der Waals surface area contributed by atoms with E-state index in [0.29, 0.717) is 21.9 Å². The molecule has 1 heterocycles. The number of carbonyl (C=O) groups excluding carboxylic acids is 1. The summed E-state index contributed by atoms with van der Waals surface area (Å²) < 4.78 is 9.73. The highest BCUT2D eigenvalue weighted by atomic mass is 32.2. The number of methoxy groups -OCH3 is 2. The number of ether oxygens (including phenoxy) is 2. The van der Waals surface area contributed by atoms with Gasteiger partial charge >= 0.3 is 5.97 Å². The van der Waals surface area contributed by atoms with Gasteiger partial charge in [-0.15, -0.1) is 0 Å². The molecule has 1 aromatic heterocycles. The SMILES string of the molecule is COC(=O)CSc1[nH+]c(N)c(C#N)c(-c2ccc(OC)cc2)c1C#N. The maximum atomic E-state index is 11.4. The maximum absolute atomic E-state index is 11.4. The summed E-state index contributed by atoms with van der Waals surface area (Å²) in [7, 11) is 2.83. The number of hydrogen-bond donors (Lipinski definition) is 1. The Morgan fingerprint density at radius 1 is 1.20 bits per heavy atom. The number of nitrogens with zero attached hydrogens (tertiary/aromatic N) is 2. The molecule has 0 radical (unpaired) electrons. The predicted octanol–water partition coefficient (Wildman–Crippen LogP) is 1.77. The van der Waals surface area contributed by atoms with E-state index in [0.717, 1.165) is 11.8 Å². The zero-order valence-corrected chi connectivity index (χ0v) is 14.4. The van der Waals surface area contributed by atoms with Crippen LogP contribution in [0.1, 0.15) is 11.1 Å². The molecule has 7 nitrogen and oxygen atoms in total. The number of H-pyrrole nitrogens is 1. The van der Waals surface area contributed by atoms with Crippen molar-refractivity contribution >= 4 is 23.5 Å². The highest BCUT2D eigenvalue weighted by Gasteiger charge is 2.24. The Kier molecular flexibility index (Phi) is 5.83. The summed E-state index contributed by atoms with van der Waals surface area (Å²) >= 11 is 1.09.